The first-order valence-corrected chi connectivity index (χ1v) is 10.3. The standard InChI is InChI=1S/C24H25F3N2/c1-15-7-9-20-18(13-15)23-21-10-8-17(28(21)2)14-22(23)29(20)12-11-16-5-3-4-6-19(16)24(25,26)27/h3-7,9,13,17,21H,8,10-12,14H2,1-2H3/t17-,21+/m0/s1. The first kappa shape index (κ1) is 18.7. The van der Waals surface area contributed by atoms with E-state index in [4.69, 9.17) is 0 Å². The van der Waals surface area contributed by atoms with Crippen LogP contribution in [0.4, 0.5) is 13.2 Å². The molecule has 152 valence electrons. The topological polar surface area (TPSA) is 8.17 Å². The number of aromatic nitrogens is 1. The third-order valence-corrected chi connectivity index (χ3v) is 6.90. The van der Waals surface area contributed by atoms with Crippen LogP contribution >= 0.6 is 0 Å². The van der Waals surface area contributed by atoms with Crippen LogP contribution in [0.5, 0.6) is 0 Å². The van der Waals surface area contributed by atoms with Gasteiger partial charge in [0, 0.05) is 41.6 Å². The van der Waals surface area contributed by atoms with Gasteiger partial charge in [0.2, 0.25) is 0 Å². The maximum atomic E-state index is 13.4. The van der Waals surface area contributed by atoms with Crippen molar-refractivity contribution in [3.63, 3.8) is 0 Å². The van der Waals surface area contributed by atoms with Gasteiger partial charge in [0.05, 0.1) is 5.56 Å². The fraction of sp³-hybridized carbons (Fsp3) is 0.417. The van der Waals surface area contributed by atoms with Gasteiger partial charge in [0.15, 0.2) is 0 Å². The van der Waals surface area contributed by atoms with E-state index in [-0.39, 0.29) is 0 Å². The van der Waals surface area contributed by atoms with E-state index in [1.54, 1.807) is 12.1 Å². The molecule has 0 amide bonds. The van der Waals surface area contributed by atoms with E-state index in [0.717, 1.165) is 18.4 Å². The predicted molar refractivity (Wildman–Crippen MR) is 109 cm³/mol. The Kier molecular flexibility index (Phi) is 4.28. The van der Waals surface area contributed by atoms with Crippen molar-refractivity contribution in [2.24, 2.45) is 0 Å². The van der Waals surface area contributed by atoms with Crippen LogP contribution < -0.4 is 0 Å². The summed E-state index contributed by atoms with van der Waals surface area (Å²) in [6, 6.07) is 13.4. The molecule has 0 aliphatic carbocycles. The molecule has 0 unspecified atom stereocenters. The van der Waals surface area contributed by atoms with Gasteiger partial charge >= 0.3 is 6.18 Å². The quantitative estimate of drug-likeness (QED) is 0.533. The van der Waals surface area contributed by atoms with Crippen molar-refractivity contribution < 1.29 is 13.2 Å². The molecule has 3 aromatic rings. The summed E-state index contributed by atoms with van der Waals surface area (Å²) in [6.45, 7) is 2.68. The number of halogens is 3. The van der Waals surface area contributed by atoms with Crippen molar-refractivity contribution >= 4 is 10.9 Å². The van der Waals surface area contributed by atoms with Crippen LogP contribution in [0.3, 0.4) is 0 Å². The molecule has 2 nitrogen and oxygen atoms in total. The molecule has 5 rings (SSSR count). The second-order valence-corrected chi connectivity index (χ2v) is 8.55. The molecule has 2 bridgehead atoms. The molecule has 2 aliphatic heterocycles. The molecule has 0 saturated carbocycles. The summed E-state index contributed by atoms with van der Waals surface area (Å²) in [6.07, 6.45) is -0.589. The lowest BCUT2D eigenvalue weighted by Crippen LogP contribution is -2.34. The van der Waals surface area contributed by atoms with Crippen molar-refractivity contribution in [3.8, 4) is 0 Å². The van der Waals surface area contributed by atoms with Gasteiger partial charge in [0.25, 0.3) is 0 Å². The van der Waals surface area contributed by atoms with Crippen molar-refractivity contribution in [2.75, 3.05) is 7.05 Å². The van der Waals surface area contributed by atoms with E-state index in [0.29, 0.717) is 30.6 Å². The van der Waals surface area contributed by atoms with Gasteiger partial charge in [-0.25, -0.2) is 0 Å². The Morgan fingerprint density at radius 2 is 1.86 bits per heavy atom. The van der Waals surface area contributed by atoms with Crippen molar-refractivity contribution in [3.05, 3.63) is 70.4 Å². The second-order valence-electron chi connectivity index (χ2n) is 8.55. The lowest BCUT2D eigenvalue weighted by atomic mass is 9.97. The van der Waals surface area contributed by atoms with Gasteiger partial charge in [-0.3, -0.25) is 4.90 Å². The molecule has 0 N–H and O–H groups in total. The Morgan fingerprint density at radius 3 is 2.66 bits per heavy atom. The van der Waals surface area contributed by atoms with Crippen LogP contribution in [0.25, 0.3) is 10.9 Å². The number of alkyl halides is 3. The maximum Gasteiger partial charge on any atom is 0.416 e. The molecule has 29 heavy (non-hydrogen) atoms. The zero-order valence-corrected chi connectivity index (χ0v) is 16.8. The largest absolute Gasteiger partial charge is 0.416 e. The average molecular weight is 398 g/mol. The fourth-order valence-electron chi connectivity index (χ4n) is 5.47. The molecule has 1 saturated heterocycles. The molecule has 0 radical (unpaired) electrons. The number of aryl methyl sites for hydroxylation is 3. The summed E-state index contributed by atoms with van der Waals surface area (Å²) in [7, 11) is 2.21. The van der Waals surface area contributed by atoms with E-state index < -0.39 is 11.7 Å². The Hall–Kier alpha value is -2.27. The predicted octanol–water partition coefficient (Wildman–Crippen LogP) is 5.90. The minimum absolute atomic E-state index is 0.374. The molecule has 2 aromatic carbocycles. The molecule has 3 heterocycles. The zero-order chi connectivity index (χ0) is 20.3. The molecule has 1 fully saturated rings. The van der Waals surface area contributed by atoms with E-state index >= 15 is 0 Å². The number of hydrogen-bond donors (Lipinski definition) is 0. The van der Waals surface area contributed by atoms with Gasteiger partial charge in [-0.05, 0) is 62.6 Å². The smallest absolute Gasteiger partial charge is 0.344 e. The number of nitrogens with zero attached hydrogens (tertiary/aromatic N) is 2. The fourth-order valence-corrected chi connectivity index (χ4v) is 5.47. The molecule has 2 atom stereocenters. The van der Waals surface area contributed by atoms with E-state index in [9.17, 15) is 13.2 Å². The van der Waals surface area contributed by atoms with Gasteiger partial charge < -0.3 is 4.57 Å². The molecule has 2 aliphatic rings. The third kappa shape index (κ3) is 2.98. The Morgan fingerprint density at radius 1 is 1.07 bits per heavy atom. The average Bonchev–Trinajstić information content (AvgIpc) is 3.09. The van der Waals surface area contributed by atoms with Crippen LogP contribution in [0.15, 0.2) is 42.5 Å². The van der Waals surface area contributed by atoms with Gasteiger partial charge in [-0.2, -0.15) is 13.2 Å². The third-order valence-electron chi connectivity index (χ3n) is 6.90. The Labute approximate surface area is 168 Å². The van der Waals surface area contributed by atoms with Crippen molar-refractivity contribution in [1.82, 2.24) is 9.47 Å². The molecule has 5 heteroatoms. The second kappa shape index (κ2) is 6.63. The Bertz CT molecular complexity index is 1080. The number of rotatable bonds is 3. The summed E-state index contributed by atoms with van der Waals surface area (Å²) in [4.78, 5) is 2.49. The van der Waals surface area contributed by atoms with Gasteiger partial charge in [-0.1, -0.05) is 29.8 Å². The highest BCUT2D eigenvalue weighted by Gasteiger charge is 2.40. The van der Waals surface area contributed by atoms with Crippen LogP contribution in [0, 0.1) is 6.92 Å². The molecular formula is C24H25F3N2. The van der Waals surface area contributed by atoms with Crippen LogP contribution in [0.2, 0.25) is 0 Å². The molecule has 0 spiro atoms. The minimum Gasteiger partial charge on any atom is -0.344 e. The molecular weight excluding hydrogens is 373 g/mol. The van der Waals surface area contributed by atoms with Crippen molar-refractivity contribution in [1.29, 1.82) is 0 Å². The van der Waals surface area contributed by atoms with Crippen molar-refractivity contribution in [2.45, 2.75) is 57.4 Å². The first-order valence-electron chi connectivity index (χ1n) is 10.3. The highest BCUT2D eigenvalue weighted by atomic mass is 19.4. The molecule has 1 aromatic heterocycles. The number of fused-ring (bicyclic) bond motifs is 6. The number of benzene rings is 2. The number of likely N-dealkylation sites (N-methyl/N-ethyl adjacent to an activating group) is 1. The zero-order valence-electron chi connectivity index (χ0n) is 16.8. The normalized spacial score (nSPS) is 21.7. The maximum absolute atomic E-state index is 13.4. The lowest BCUT2D eigenvalue weighted by Gasteiger charge is -2.32. The van der Waals surface area contributed by atoms with E-state index in [1.165, 1.54) is 40.8 Å². The minimum atomic E-state index is -4.31. The van der Waals surface area contributed by atoms with Crippen LogP contribution in [-0.4, -0.2) is 22.6 Å². The van der Waals surface area contributed by atoms with Gasteiger partial charge in [-0.15, -0.1) is 0 Å². The monoisotopic (exact) mass is 398 g/mol. The van der Waals surface area contributed by atoms with Crippen LogP contribution in [-0.2, 0) is 25.6 Å². The number of hydrogen-bond acceptors (Lipinski definition) is 1. The SMILES string of the molecule is Cc1ccc2c(c1)c1c(n2CCc2ccccc2C(F)(F)F)C[C@@H]2CC[C@H]1N2C. The Balaban J connectivity index is 1.58. The summed E-state index contributed by atoms with van der Waals surface area (Å²) in [5.41, 5.74) is 4.98. The van der Waals surface area contributed by atoms with Crippen LogP contribution in [0.1, 0.15) is 46.8 Å². The summed E-state index contributed by atoms with van der Waals surface area (Å²) in [5.74, 6) is 0. The van der Waals surface area contributed by atoms with E-state index in [1.807, 2.05) is 0 Å². The van der Waals surface area contributed by atoms with E-state index in [2.05, 4.69) is 41.6 Å². The summed E-state index contributed by atoms with van der Waals surface area (Å²) < 4.78 is 42.6. The highest BCUT2D eigenvalue weighted by Crippen LogP contribution is 2.47. The highest BCUT2D eigenvalue weighted by molar-refractivity contribution is 5.87. The summed E-state index contributed by atoms with van der Waals surface area (Å²) in [5, 5.41) is 1.28. The first-order chi connectivity index (χ1) is 13.8. The lowest BCUT2D eigenvalue weighted by molar-refractivity contribution is -0.138. The summed E-state index contributed by atoms with van der Waals surface area (Å²) >= 11 is 0. The van der Waals surface area contributed by atoms with Gasteiger partial charge in [0.1, 0.15) is 0 Å².